The molecule has 7 nitrogen and oxygen atoms in total. The fraction of sp³-hybridized carbons (Fsp3) is 0.727. The van der Waals surface area contributed by atoms with Crippen LogP contribution >= 0.6 is 0 Å². The predicted molar refractivity (Wildman–Crippen MR) is 63.9 cm³/mol. The van der Waals surface area contributed by atoms with Gasteiger partial charge in [-0.25, -0.2) is 0 Å². The molecule has 1 saturated heterocycles. The van der Waals surface area contributed by atoms with Crippen LogP contribution in [-0.4, -0.2) is 71.5 Å². The summed E-state index contributed by atoms with van der Waals surface area (Å²) in [5.74, 6) is -1.32. The van der Waals surface area contributed by atoms with Crippen molar-refractivity contribution in [1.82, 2.24) is 15.1 Å². The third-order valence-electron chi connectivity index (χ3n) is 2.93. The molecular formula is C11H19N3O4. The average Bonchev–Trinajstić information content (AvgIpc) is 2.29. The van der Waals surface area contributed by atoms with Crippen molar-refractivity contribution >= 4 is 17.8 Å². The van der Waals surface area contributed by atoms with Crippen LogP contribution < -0.4 is 5.32 Å². The van der Waals surface area contributed by atoms with E-state index in [4.69, 9.17) is 5.11 Å². The molecule has 0 aromatic heterocycles. The molecule has 7 heteroatoms. The summed E-state index contributed by atoms with van der Waals surface area (Å²) < 4.78 is 0. The van der Waals surface area contributed by atoms with Crippen molar-refractivity contribution in [2.75, 3.05) is 32.7 Å². The molecular weight excluding hydrogens is 238 g/mol. The molecule has 1 aliphatic heterocycles. The lowest BCUT2D eigenvalue weighted by atomic mass is 10.3. The van der Waals surface area contributed by atoms with Crippen molar-refractivity contribution in [2.24, 2.45) is 0 Å². The van der Waals surface area contributed by atoms with Crippen LogP contribution in [0.2, 0.25) is 0 Å². The molecule has 1 aliphatic rings. The zero-order valence-corrected chi connectivity index (χ0v) is 10.7. The van der Waals surface area contributed by atoms with E-state index in [1.165, 1.54) is 13.8 Å². The lowest BCUT2D eigenvalue weighted by Gasteiger charge is -2.33. The Morgan fingerprint density at radius 2 is 1.78 bits per heavy atom. The van der Waals surface area contributed by atoms with E-state index in [0.717, 1.165) is 0 Å². The summed E-state index contributed by atoms with van der Waals surface area (Å²) in [6.07, 6.45) is 0. The average molecular weight is 257 g/mol. The van der Waals surface area contributed by atoms with Crippen molar-refractivity contribution in [3.8, 4) is 0 Å². The van der Waals surface area contributed by atoms with Gasteiger partial charge >= 0.3 is 5.97 Å². The maximum Gasteiger partial charge on any atom is 0.325 e. The Labute approximate surface area is 106 Å². The number of carboxylic acids is 1. The second-order valence-electron chi connectivity index (χ2n) is 4.41. The molecule has 0 aromatic carbocycles. The molecule has 1 unspecified atom stereocenters. The van der Waals surface area contributed by atoms with E-state index in [-0.39, 0.29) is 18.4 Å². The highest BCUT2D eigenvalue weighted by Gasteiger charge is 2.21. The van der Waals surface area contributed by atoms with E-state index >= 15 is 0 Å². The number of rotatable bonds is 4. The van der Waals surface area contributed by atoms with E-state index in [9.17, 15) is 14.4 Å². The first-order chi connectivity index (χ1) is 8.40. The van der Waals surface area contributed by atoms with Gasteiger partial charge in [0.05, 0.1) is 6.54 Å². The van der Waals surface area contributed by atoms with E-state index in [1.54, 1.807) is 4.90 Å². The van der Waals surface area contributed by atoms with Crippen LogP contribution in [0.5, 0.6) is 0 Å². The SMILES string of the molecule is CC(=O)N1CCN(CC(=O)NC(C)C(=O)O)CC1. The third kappa shape index (κ3) is 4.33. The van der Waals surface area contributed by atoms with Gasteiger partial charge in [0.1, 0.15) is 6.04 Å². The van der Waals surface area contributed by atoms with Gasteiger partial charge in [0, 0.05) is 33.1 Å². The van der Waals surface area contributed by atoms with Gasteiger partial charge in [-0.2, -0.15) is 0 Å². The first-order valence-electron chi connectivity index (χ1n) is 5.90. The Kier molecular flexibility index (Phi) is 5.08. The standard InChI is InChI=1S/C11H19N3O4/c1-8(11(17)18)12-10(16)7-13-3-5-14(6-4-13)9(2)15/h8H,3-7H2,1-2H3,(H,12,16)(H,17,18). The molecule has 0 saturated carbocycles. The van der Waals surface area contributed by atoms with Crippen LogP contribution in [-0.2, 0) is 14.4 Å². The number of hydrogen-bond acceptors (Lipinski definition) is 4. The number of carbonyl (C=O) groups excluding carboxylic acids is 2. The first-order valence-corrected chi connectivity index (χ1v) is 5.90. The quantitative estimate of drug-likeness (QED) is 0.656. The van der Waals surface area contributed by atoms with Crippen molar-refractivity contribution in [2.45, 2.75) is 19.9 Å². The maximum absolute atomic E-state index is 11.5. The monoisotopic (exact) mass is 257 g/mol. The Morgan fingerprint density at radius 1 is 1.22 bits per heavy atom. The minimum Gasteiger partial charge on any atom is -0.480 e. The third-order valence-corrected chi connectivity index (χ3v) is 2.93. The lowest BCUT2D eigenvalue weighted by molar-refractivity contribution is -0.141. The Morgan fingerprint density at radius 3 is 2.22 bits per heavy atom. The fourth-order valence-electron chi connectivity index (χ4n) is 1.77. The molecule has 1 rings (SSSR count). The normalized spacial score (nSPS) is 18.2. The molecule has 0 radical (unpaired) electrons. The Hall–Kier alpha value is -1.63. The molecule has 18 heavy (non-hydrogen) atoms. The summed E-state index contributed by atoms with van der Waals surface area (Å²) in [6.45, 7) is 5.60. The Balaban J connectivity index is 2.30. The summed E-state index contributed by atoms with van der Waals surface area (Å²) in [4.78, 5) is 36.9. The van der Waals surface area contributed by atoms with E-state index in [0.29, 0.717) is 26.2 Å². The van der Waals surface area contributed by atoms with Crippen molar-refractivity contribution in [3.63, 3.8) is 0 Å². The topological polar surface area (TPSA) is 90.0 Å². The van der Waals surface area contributed by atoms with Gasteiger partial charge in [-0.1, -0.05) is 0 Å². The zero-order chi connectivity index (χ0) is 13.7. The van der Waals surface area contributed by atoms with Crippen LogP contribution in [0.15, 0.2) is 0 Å². The van der Waals surface area contributed by atoms with Gasteiger partial charge in [-0.05, 0) is 6.92 Å². The lowest BCUT2D eigenvalue weighted by Crippen LogP contribution is -2.51. The van der Waals surface area contributed by atoms with Gasteiger partial charge in [0.25, 0.3) is 0 Å². The first kappa shape index (κ1) is 14.4. The highest BCUT2D eigenvalue weighted by Crippen LogP contribution is 2.01. The number of nitrogens with zero attached hydrogens (tertiary/aromatic N) is 2. The van der Waals surface area contributed by atoms with Crippen molar-refractivity contribution in [1.29, 1.82) is 0 Å². The van der Waals surface area contributed by atoms with Gasteiger partial charge in [-0.3, -0.25) is 19.3 Å². The molecule has 2 N–H and O–H groups in total. The van der Waals surface area contributed by atoms with Crippen molar-refractivity contribution < 1.29 is 19.5 Å². The number of piperazine rings is 1. The van der Waals surface area contributed by atoms with E-state index in [2.05, 4.69) is 5.32 Å². The van der Waals surface area contributed by atoms with Crippen LogP contribution in [0.3, 0.4) is 0 Å². The molecule has 2 amide bonds. The number of carbonyl (C=O) groups is 3. The highest BCUT2D eigenvalue weighted by atomic mass is 16.4. The minimum atomic E-state index is -1.05. The highest BCUT2D eigenvalue weighted by molar-refractivity contribution is 5.84. The van der Waals surface area contributed by atoms with Crippen LogP contribution in [0, 0.1) is 0 Å². The predicted octanol–water partition coefficient (Wildman–Crippen LogP) is -1.26. The number of nitrogens with one attached hydrogen (secondary N) is 1. The summed E-state index contributed by atoms with van der Waals surface area (Å²) in [5.41, 5.74) is 0. The van der Waals surface area contributed by atoms with Gasteiger partial charge in [0.15, 0.2) is 0 Å². The number of aliphatic carboxylic acids is 1. The summed E-state index contributed by atoms with van der Waals surface area (Å²) in [7, 11) is 0. The summed E-state index contributed by atoms with van der Waals surface area (Å²) in [6, 6.07) is -0.879. The molecule has 1 atom stereocenters. The molecule has 0 aliphatic carbocycles. The number of carboxylic acid groups (broad SMARTS) is 1. The van der Waals surface area contributed by atoms with E-state index in [1.807, 2.05) is 4.90 Å². The van der Waals surface area contributed by atoms with Gasteiger partial charge in [-0.15, -0.1) is 0 Å². The maximum atomic E-state index is 11.5. The van der Waals surface area contributed by atoms with E-state index < -0.39 is 12.0 Å². The summed E-state index contributed by atoms with van der Waals surface area (Å²) >= 11 is 0. The van der Waals surface area contributed by atoms with Gasteiger partial charge in [0.2, 0.25) is 11.8 Å². The van der Waals surface area contributed by atoms with Crippen molar-refractivity contribution in [3.05, 3.63) is 0 Å². The smallest absolute Gasteiger partial charge is 0.325 e. The molecule has 102 valence electrons. The number of hydrogen-bond donors (Lipinski definition) is 2. The zero-order valence-electron chi connectivity index (χ0n) is 10.7. The van der Waals surface area contributed by atoms with Crippen LogP contribution in [0.25, 0.3) is 0 Å². The molecule has 0 spiro atoms. The largest absolute Gasteiger partial charge is 0.480 e. The van der Waals surface area contributed by atoms with Crippen LogP contribution in [0.4, 0.5) is 0 Å². The van der Waals surface area contributed by atoms with Crippen LogP contribution in [0.1, 0.15) is 13.8 Å². The molecule has 1 fully saturated rings. The van der Waals surface area contributed by atoms with Gasteiger partial charge < -0.3 is 15.3 Å². The molecule has 1 heterocycles. The fourth-order valence-corrected chi connectivity index (χ4v) is 1.77. The second kappa shape index (κ2) is 6.34. The molecule has 0 bridgehead atoms. The molecule has 0 aromatic rings. The number of amides is 2. The second-order valence-corrected chi connectivity index (χ2v) is 4.41. The summed E-state index contributed by atoms with van der Waals surface area (Å²) in [5, 5.41) is 11.1. The minimum absolute atomic E-state index is 0.0404. The Bertz CT molecular complexity index is 337.